The first-order valence-corrected chi connectivity index (χ1v) is 8.69. The van der Waals surface area contributed by atoms with Crippen molar-refractivity contribution in [2.45, 2.75) is 0 Å². The molecule has 0 fully saturated rings. The SMILES string of the molecule is CN(/N=C\c1cn(-c2ccccc2)nc1-c1cccnc1)c1ccccc1. The highest BCUT2D eigenvalue weighted by Gasteiger charge is 2.11. The van der Waals surface area contributed by atoms with Crippen LogP contribution in [-0.2, 0) is 0 Å². The summed E-state index contributed by atoms with van der Waals surface area (Å²) in [6, 6.07) is 24.0. The van der Waals surface area contributed by atoms with Gasteiger partial charge in [0.2, 0.25) is 0 Å². The van der Waals surface area contributed by atoms with Crippen molar-refractivity contribution < 1.29 is 0 Å². The number of para-hydroxylation sites is 2. The Labute approximate surface area is 158 Å². The highest BCUT2D eigenvalue weighted by molar-refractivity contribution is 5.89. The van der Waals surface area contributed by atoms with Gasteiger partial charge in [-0.25, -0.2) is 4.68 Å². The zero-order valence-corrected chi connectivity index (χ0v) is 15.0. The number of hydrazone groups is 1. The molecule has 0 atom stereocenters. The minimum atomic E-state index is 0.845. The van der Waals surface area contributed by atoms with E-state index < -0.39 is 0 Å². The summed E-state index contributed by atoms with van der Waals surface area (Å²) in [5.41, 5.74) is 4.74. The number of anilines is 1. The number of rotatable bonds is 5. The van der Waals surface area contributed by atoms with Gasteiger partial charge in [0.1, 0.15) is 5.69 Å². The van der Waals surface area contributed by atoms with Gasteiger partial charge in [-0.1, -0.05) is 36.4 Å². The van der Waals surface area contributed by atoms with Gasteiger partial charge < -0.3 is 0 Å². The maximum Gasteiger partial charge on any atom is 0.103 e. The monoisotopic (exact) mass is 353 g/mol. The third kappa shape index (κ3) is 3.77. The van der Waals surface area contributed by atoms with Gasteiger partial charge in [-0.2, -0.15) is 10.2 Å². The van der Waals surface area contributed by atoms with Crippen molar-refractivity contribution in [3.05, 3.63) is 97.0 Å². The molecular weight excluding hydrogens is 334 g/mol. The Hall–Kier alpha value is -3.73. The summed E-state index contributed by atoms with van der Waals surface area (Å²) in [6.45, 7) is 0. The summed E-state index contributed by atoms with van der Waals surface area (Å²) < 4.78 is 1.87. The first-order valence-electron chi connectivity index (χ1n) is 8.69. The molecule has 0 unspecified atom stereocenters. The fraction of sp³-hybridized carbons (Fsp3) is 0.0455. The lowest BCUT2D eigenvalue weighted by Crippen LogP contribution is -2.08. The fourth-order valence-corrected chi connectivity index (χ4v) is 2.78. The molecule has 0 bridgehead atoms. The second-order valence-electron chi connectivity index (χ2n) is 6.06. The molecule has 0 amide bonds. The lowest BCUT2D eigenvalue weighted by atomic mass is 10.1. The molecule has 4 rings (SSSR count). The summed E-state index contributed by atoms with van der Waals surface area (Å²) in [6.07, 6.45) is 7.40. The molecule has 0 saturated carbocycles. The van der Waals surface area contributed by atoms with E-state index in [0.29, 0.717) is 0 Å². The summed E-state index contributed by atoms with van der Waals surface area (Å²) in [4.78, 5) is 4.22. The van der Waals surface area contributed by atoms with E-state index in [4.69, 9.17) is 5.10 Å². The summed E-state index contributed by atoms with van der Waals surface area (Å²) in [5, 5.41) is 11.2. The smallest absolute Gasteiger partial charge is 0.103 e. The molecule has 0 radical (unpaired) electrons. The number of hydrogen-bond acceptors (Lipinski definition) is 4. The van der Waals surface area contributed by atoms with E-state index in [1.807, 2.05) is 108 Å². The summed E-state index contributed by atoms with van der Waals surface area (Å²) >= 11 is 0. The topological polar surface area (TPSA) is 46.3 Å². The molecule has 0 N–H and O–H groups in total. The average molecular weight is 353 g/mol. The molecule has 2 heterocycles. The second kappa shape index (κ2) is 7.66. The predicted molar refractivity (Wildman–Crippen MR) is 109 cm³/mol. The van der Waals surface area contributed by atoms with Crippen LogP contribution < -0.4 is 5.01 Å². The fourth-order valence-electron chi connectivity index (χ4n) is 2.78. The van der Waals surface area contributed by atoms with Crippen molar-refractivity contribution in [2.75, 3.05) is 12.1 Å². The zero-order valence-electron chi connectivity index (χ0n) is 15.0. The lowest BCUT2D eigenvalue weighted by Gasteiger charge is -2.11. The Morgan fingerprint density at radius 3 is 2.37 bits per heavy atom. The molecule has 0 aliphatic carbocycles. The summed E-state index contributed by atoms with van der Waals surface area (Å²) in [5.74, 6) is 0. The highest BCUT2D eigenvalue weighted by Crippen LogP contribution is 2.22. The average Bonchev–Trinajstić information content (AvgIpc) is 3.18. The van der Waals surface area contributed by atoms with Gasteiger partial charge in [-0.05, 0) is 36.4 Å². The quantitative estimate of drug-likeness (QED) is 0.394. The molecule has 0 saturated heterocycles. The molecule has 2 aromatic carbocycles. The van der Waals surface area contributed by atoms with Crippen LogP contribution in [0.1, 0.15) is 5.56 Å². The van der Waals surface area contributed by atoms with Crippen molar-refractivity contribution in [1.29, 1.82) is 0 Å². The number of hydrogen-bond donors (Lipinski definition) is 0. The number of benzene rings is 2. The normalized spacial score (nSPS) is 11.0. The van der Waals surface area contributed by atoms with Crippen molar-refractivity contribution in [1.82, 2.24) is 14.8 Å². The van der Waals surface area contributed by atoms with Gasteiger partial charge in [0.25, 0.3) is 0 Å². The molecule has 4 aromatic rings. The van der Waals surface area contributed by atoms with E-state index in [1.165, 1.54) is 0 Å². The molecule has 2 aromatic heterocycles. The van der Waals surface area contributed by atoms with Crippen LogP contribution in [-0.4, -0.2) is 28.0 Å². The second-order valence-corrected chi connectivity index (χ2v) is 6.06. The van der Waals surface area contributed by atoms with E-state index in [1.54, 1.807) is 6.20 Å². The largest absolute Gasteiger partial charge is 0.269 e. The van der Waals surface area contributed by atoms with Gasteiger partial charge in [0.05, 0.1) is 17.6 Å². The Morgan fingerprint density at radius 2 is 1.67 bits per heavy atom. The Kier molecular flexibility index (Phi) is 4.74. The lowest BCUT2D eigenvalue weighted by molar-refractivity contribution is 0.884. The van der Waals surface area contributed by atoms with Gasteiger partial charge in [-0.15, -0.1) is 0 Å². The first-order chi connectivity index (χ1) is 13.3. The molecule has 0 aliphatic heterocycles. The van der Waals surface area contributed by atoms with Crippen molar-refractivity contribution in [2.24, 2.45) is 5.10 Å². The van der Waals surface area contributed by atoms with Crippen LogP contribution in [0.2, 0.25) is 0 Å². The summed E-state index contributed by atoms with van der Waals surface area (Å²) in [7, 11) is 1.93. The standard InChI is InChI=1S/C22H19N5/c1-26(20-10-4-2-5-11-20)24-16-19-17-27(21-12-6-3-7-13-21)25-22(19)18-9-8-14-23-15-18/h2-17H,1H3/b24-16-. The highest BCUT2D eigenvalue weighted by atomic mass is 15.4. The third-order valence-electron chi connectivity index (χ3n) is 4.20. The van der Waals surface area contributed by atoms with Crippen molar-refractivity contribution >= 4 is 11.9 Å². The van der Waals surface area contributed by atoms with E-state index in [9.17, 15) is 0 Å². The number of nitrogens with zero attached hydrogens (tertiary/aromatic N) is 5. The van der Waals surface area contributed by atoms with Gasteiger partial charge in [0, 0.05) is 36.8 Å². The molecule has 5 nitrogen and oxygen atoms in total. The van der Waals surface area contributed by atoms with Crippen LogP contribution >= 0.6 is 0 Å². The Morgan fingerprint density at radius 1 is 0.926 bits per heavy atom. The molecule has 0 spiro atoms. The van der Waals surface area contributed by atoms with Crippen molar-refractivity contribution in [3.8, 4) is 16.9 Å². The molecule has 27 heavy (non-hydrogen) atoms. The van der Waals surface area contributed by atoms with Crippen LogP contribution in [0, 0.1) is 0 Å². The maximum absolute atomic E-state index is 4.77. The van der Waals surface area contributed by atoms with Crippen LogP contribution in [0.3, 0.4) is 0 Å². The number of pyridine rings is 1. The minimum Gasteiger partial charge on any atom is -0.269 e. The van der Waals surface area contributed by atoms with Crippen LogP contribution in [0.15, 0.2) is 96.5 Å². The van der Waals surface area contributed by atoms with Crippen molar-refractivity contribution in [3.63, 3.8) is 0 Å². The van der Waals surface area contributed by atoms with E-state index in [-0.39, 0.29) is 0 Å². The van der Waals surface area contributed by atoms with Crippen LogP contribution in [0.25, 0.3) is 16.9 Å². The van der Waals surface area contributed by atoms with Crippen LogP contribution in [0.5, 0.6) is 0 Å². The van der Waals surface area contributed by atoms with Gasteiger partial charge in [0.15, 0.2) is 0 Å². The zero-order chi connectivity index (χ0) is 18.5. The molecule has 132 valence electrons. The van der Waals surface area contributed by atoms with Gasteiger partial charge in [-0.3, -0.25) is 9.99 Å². The number of aromatic nitrogens is 3. The van der Waals surface area contributed by atoms with Gasteiger partial charge >= 0.3 is 0 Å². The first kappa shape index (κ1) is 16.7. The van der Waals surface area contributed by atoms with Crippen LogP contribution in [0.4, 0.5) is 5.69 Å². The Bertz CT molecular complexity index is 1020. The van der Waals surface area contributed by atoms with E-state index in [0.717, 1.165) is 28.2 Å². The minimum absolute atomic E-state index is 0.845. The predicted octanol–water partition coefficient (Wildman–Crippen LogP) is 4.40. The van der Waals surface area contributed by atoms with E-state index >= 15 is 0 Å². The third-order valence-corrected chi connectivity index (χ3v) is 4.20. The van der Waals surface area contributed by atoms with E-state index in [2.05, 4.69) is 10.1 Å². The molecular formula is C22H19N5. The molecule has 5 heteroatoms. The maximum atomic E-state index is 4.77. The molecule has 0 aliphatic rings. The Balaban J connectivity index is 1.72.